The second kappa shape index (κ2) is 8.84. The Labute approximate surface area is 194 Å². The highest BCUT2D eigenvalue weighted by molar-refractivity contribution is 7.15. The van der Waals surface area contributed by atoms with Crippen molar-refractivity contribution < 1.29 is 24.2 Å². The number of benzene rings is 2. The second-order valence-corrected chi connectivity index (χ2v) is 9.23. The Morgan fingerprint density at radius 2 is 1.91 bits per heavy atom. The van der Waals surface area contributed by atoms with Crippen LogP contribution >= 0.6 is 22.9 Å². The van der Waals surface area contributed by atoms with Gasteiger partial charge in [0.25, 0.3) is 0 Å². The molecule has 2 N–H and O–H groups in total. The smallest absolute Gasteiger partial charge is 0.346 e. The van der Waals surface area contributed by atoms with Gasteiger partial charge < -0.3 is 19.9 Å². The monoisotopic (exact) mass is 471 g/mol. The van der Waals surface area contributed by atoms with Crippen LogP contribution in [0.5, 0.6) is 11.5 Å². The van der Waals surface area contributed by atoms with E-state index in [0.717, 1.165) is 10.4 Å². The minimum Gasteiger partial charge on any atom is -0.493 e. The lowest BCUT2D eigenvalue weighted by Crippen LogP contribution is -2.22. The Hall–Kier alpha value is -3.03. The number of fused-ring (bicyclic) bond motifs is 1. The van der Waals surface area contributed by atoms with Crippen molar-refractivity contribution in [3.05, 3.63) is 62.8 Å². The molecule has 2 heterocycles. The van der Waals surface area contributed by atoms with Crippen molar-refractivity contribution in [3.63, 3.8) is 0 Å². The molecule has 0 fully saturated rings. The van der Waals surface area contributed by atoms with Gasteiger partial charge in [-0.1, -0.05) is 29.8 Å². The van der Waals surface area contributed by atoms with E-state index in [-0.39, 0.29) is 29.2 Å². The first-order chi connectivity index (χ1) is 15.3. The van der Waals surface area contributed by atoms with Gasteiger partial charge in [-0.2, -0.15) is 0 Å². The number of hydrogen-bond acceptors (Lipinski definition) is 5. The lowest BCUT2D eigenvalue weighted by Gasteiger charge is -2.25. The van der Waals surface area contributed by atoms with E-state index < -0.39 is 5.97 Å². The van der Waals surface area contributed by atoms with Gasteiger partial charge in [-0.05, 0) is 49.2 Å². The van der Waals surface area contributed by atoms with Crippen molar-refractivity contribution in [1.29, 1.82) is 0 Å². The van der Waals surface area contributed by atoms with E-state index in [1.165, 1.54) is 11.3 Å². The fourth-order valence-electron chi connectivity index (χ4n) is 3.85. The summed E-state index contributed by atoms with van der Waals surface area (Å²) in [6.45, 7) is 3.87. The molecule has 1 aromatic heterocycles. The van der Waals surface area contributed by atoms with Crippen molar-refractivity contribution in [1.82, 2.24) is 0 Å². The van der Waals surface area contributed by atoms with Gasteiger partial charge in [0.15, 0.2) is 11.5 Å². The highest BCUT2D eigenvalue weighted by atomic mass is 35.5. The summed E-state index contributed by atoms with van der Waals surface area (Å²) in [6, 6.07) is 12.5. The molecule has 0 bridgehead atoms. The van der Waals surface area contributed by atoms with Crippen LogP contribution in [0.15, 0.2) is 42.5 Å². The molecular formula is C24H22ClNO5S. The van der Waals surface area contributed by atoms with Crippen LogP contribution in [0.3, 0.4) is 0 Å². The number of halogens is 1. The lowest BCUT2D eigenvalue weighted by molar-refractivity contribution is -0.116. The second-order valence-electron chi connectivity index (χ2n) is 7.74. The number of thiophene rings is 1. The van der Waals surface area contributed by atoms with Gasteiger partial charge >= 0.3 is 5.97 Å². The number of ether oxygens (including phenoxy) is 2. The number of methoxy groups -OCH3 is 1. The highest BCUT2D eigenvalue weighted by Crippen LogP contribution is 2.50. The molecule has 0 saturated heterocycles. The van der Waals surface area contributed by atoms with E-state index in [1.807, 2.05) is 32.0 Å². The normalized spacial score (nSPS) is 15.3. The molecule has 32 heavy (non-hydrogen) atoms. The molecule has 2 aromatic carbocycles. The Bertz CT molecular complexity index is 1190. The van der Waals surface area contributed by atoms with Crippen LogP contribution in [0.1, 0.15) is 46.3 Å². The van der Waals surface area contributed by atoms with Crippen LogP contribution in [-0.2, 0) is 4.79 Å². The Morgan fingerprint density at radius 3 is 2.53 bits per heavy atom. The minimum absolute atomic E-state index is 0.0147. The molecule has 0 saturated carbocycles. The summed E-state index contributed by atoms with van der Waals surface area (Å²) in [4.78, 5) is 25.7. The highest BCUT2D eigenvalue weighted by Gasteiger charge is 2.34. The maximum Gasteiger partial charge on any atom is 0.346 e. The largest absolute Gasteiger partial charge is 0.493 e. The molecule has 8 heteroatoms. The summed E-state index contributed by atoms with van der Waals surface area (Å²) < 4.78 is 11.3. The van der Waals surface area contributed by atoms with Gasteiger partial charge in [-0.15, -0.1) is 11.3 Å². The summed E-state index contributed by atoms with van der Waals surface area (Å²) in [7, 11) is 1.57. The maximum absolute atomic E-state index is 12.7. The summed E-state index contributed by atoms with van der Waals surface area (Å²) in [5.74, 6) is -0.331. The maximum atomic E-state index is 12.7. The third-order valence-electron chi connectivity index (χ3n) is 5.19. The number of rotatable bonds is 6. The lowest BCUT2D eigenvalue weighted by atomic mass is 9.88. The van der Waals surface area contributed by atoms with Crippen molar-refractivity contribution in [2.24, 2.45) is 0 Å². The summed E-state index contributed by atoms with van der Waals surface area (Å²) in [5.41, 5.74) is 2.58. The fourth-order valence-corrected chi connectivity index (χ4v) is 5.22. The zero-order valence-corrected chi connectivity index (χ0v) is 19.3. The van der Waals surface area contributed by atoms with E-state index in [2.05, 4.69) is 5.32 Å². The third-order valence-corrected chi connectivity index (χ3v) is 6.73. The Morgan fingerprint density at radius 1 is 1.19 bits per heavy atom. The summed E-state index contributed by atoms with van der Waals surface area (Å²) in [5, 5.41) is 13.3. The number of nitrogens with one attached hydrogen (secondary N) is 1. The van der Waals surface area contributed by atoms with Gasteiger partial charge in [0.05, 0.1) is 18.9 Å². The SMILES string of the molecule is COc1cc([C@H]2CC(=O)Nc3c2sc(C(=O)O)c3-c2ccc(Cl)cc2)ccc1OC(C)C. The number of carboxylic acids is 1. The third kappa shape index (κ3) is 4.18. The van der Waals surface area contributed by atoms with Gasteiger partial charge in [-0.25, -0.2) is 4.79 Å². The van der Waals surface area contributed by atoms with Crippen molar-refractivity contribution >= 4 is 40.5 Å². The summed E-state index contributed by atoms with van der Waals surface area (Å²) >= 11 is 7.20. The zero-order chi connectivity index (χ0) is 23.0. The number of anilines is 1. The number of hydrogen-bond donors (Lipinski definition) is 2. The molecule has 3 aromatic rings. The molecule has 1 atom stereocenters. The van der Waals surface area contributed by atoms with Crippen LogP contribution < -0.4 is 14.8 Å². The first kappa shape index (κ1) is 22.2. The van der Waals surface area contributed by atoms with Crippen LogP contribution in [0.4, 0.5) is 5.69 Å². The molecule has 0 radical (unpaired) electrons. The number of carboxylic acid groups (broad SMARTS) is 1. The van der Waals surface area contributed by atoms with Crippen molar-refractivity contribution in [2.45, 2.75) is 32.3 Å². The van der Waals surface area contributed by atoms with E-state index in [0.29, 0.717) is 33.3 Å². The molecule has 1 aliphatic rings. The van der Waals surface area contributed by atoms with Crippen LogP contribution in [0.25, 0.3) is 11.1 Å². The zero-order valence-electron chi connectivity index (χ0n) is 17.8. The van der Waals surface area contributed by atoms with Crippen LogP contribution in [-0.4, -0.2) is 30.2 Å². The average Bonchev–Trinajstić information content (AvgIpc) is 3.13. The predicted molar refractivity (Wildman–Crippen MR) is 126 cm³/mol. The number of amides is 1. The molecule has 0 spiro atoms. The van der Waals surface area contributed by atoms with Gasteiger partial charge in [0.2, 0.25) is 5.91 Å². The molecule has 0 aliphatic carbocycles. The van der Waals surface area contributed by atoms with Gasteiger partial charge in [0.1, 0.15) is 4.88 Å². The minimum atomic E-state index is -1.04. The molecule has 6 nitrogen and oxygen atoms in total. The van der Waals surface area contributed by atoms with Gasteiger partial charge in [0, 0.05) is 27.8 Å². The van der Waals surface area contributed by atoms with Crippen LogP contribution in [0.2, 0.25) is 5.02 Å². The molecule has 0 unspecified atom stereocenters. The summed E-state index contributed by atoms with van der Waals surface area (Å²) in [6.07, 6.45) is 0.194. The molecular weight excluding hydrogens is 450 g/mol. The van der Waals surface area contributed by atoms with E-state index in [1.54, 1.807) is 31.4 Å². The molecule has 1 amide bonds. The van der Waals surface area contributed by atoms with Gasteiger partial charge in [-0.3, -0.25) is 4.79 Å². The molecule has 4 rings (SSSR count). The molecule has 166 valence electrons. The van der Waals surface area contributed by atoms with E-state index in [4.69, 9.17) is 21.1 Å². The Balaban J connectivity index is 1.85. The number of carbonyl (C=O) groups excluding carboxylic acids is 1. The van der Waals surface area contributed by atoms with Crippen LogP contribution in [0, 0.1) is 0 Å². The average molecular weight is 472 g/mol. The quantitative estimate of drug-likeness (QED) is 0.458. The van der Waals surface area contributed by atoms with E-state index >= 15 is 0 Å². The Kier molecular flexibility index (Phi) is 6.13. The van der Waals surface area contributed by atoms with E-state index in [9.17, 15) is 14.7 Å². The molecule has 1 aliphatic heterocycles. The number of carbonyl (C=O) groups is 2. The topological polar surface area (TPSA) is 84.9 Å². The van der Waals surface area contributed by atoms with Crippen molar-refractivity contribution in [3.8, 4) is 22.6 Å². The predicted octanol–water partition coefficient (Wildman–Crippen LogP) is 6.04. The first-order valence-electron chi connectivity index (χ1n) is 10.1. The van der Waals surface area contributed by atoms with Crippen molar-refractivity contribution in [2.75, 3.05) is 12.4 Å². The standard InChI is InChI=1S/C24H22ClNO5S/c1-12(2)31-17-9-6-14(10-18(17)30-3)16-11-19(27)26-21-20(13-4-7-15(25)8-5-13)23(24(28)29)32-22(16)21/h4-10,12,16H,11H2,1-3H3,(H,26,27)(H,28,29)/t16-/m1/s1. The first-order valence-corrected chi connectivity index (χ1v) is 11.3. The fraction of sp³-hybridized carbons (Fsp3) is 0.250. The number of aromatic carboxylic acids is 1.